The van der Waals surface area contributed by atoms with Crippen LogP contribution < -0.4 is 10.7 Å². The summed E-state index contributed by atoms with van der Waals surface area (Å²) in [6.45, 7) is 4.30. The summed E-state index contributed by atoms with van der Waals surface area (Å²) in [7, 11) is 0. The molecule has 0 aliphatic heterocycles. The second-order valence-corrected chi connectivity index (χ2v) is 7.60. The van der Waals surface area contributed by atoms with Crippen molar-refractivity contribution in [2.75, 3.05) is 5.32 Å². The van der Waals surface area contributed by atoms with E-state index in [-0.39, 0.29) is 11.0 Å². The molecule has 1 N–H and O–H groups in total. The molecular weight excluding hydrogens is 372 g/mol. The highest BCUT2D eigenvalue weighted by Crippen LogP contribution is 2.26. The summed E-state index contributed by atoms with van der Waals surface area (Å²) in [5, 5.41) is 5.38. The Morgan fingerprint density at radius 1 is 1.11 bits per heavy atom. The number of nitrogens with one attached hydrogen (secondary N) is 1. The number of carbonyl (C=O) groups is 1. The first-order valence-electron chi connectivity index (χ1n) is 8.90. The second kappa shape index (κ2) is 7.40. The van der Waals surface area contributed by atoms with Crippen molar-refractivity contribution in [3.63, 3.8) is 0 Å². The van der Waals surface area contributed by atoms with Crippen LogP contribution in [-0.4, -0.2) is 10.9 Å². The third-order valence-electron chi connectivity index (χ3n) is 4.52. The van der Waals surface area contributed by atoms with E-state index in [4.69, 9.17) is 4.42 Å². The van der Waals surface area contributed by atoms with Crippen LogP contribution in [0.25, 0.3) is 22.2 Å². The highest BCUT2D eigenvalue weighted by Gasteiger charge is 2.16. The highest BCUT2D eigenvalue weighted by molar-refractivity contribution is 7.14. The van der Waals surface area contributed by atoms with Gasteiger partial charge in [0, 0.05) is 10.9 Å². The lowest BCUT2D eigenvalue weighted by Crippen LogP contribution is -2.21. The zero-order valence-corrected chi connectivity index (χ0v) is 16.2. The molecule has 0 saturated carbocycles. The summed E-state index contributed by atoms with van der Waals surface area (Å²) in [4.78, 5) is 29.5. The van der Waals surface area contributed by atoms with Gasteiger partial charge in [0.25, 0.3) is 5.91 Å². The van der Waals surface area contributed by atoms with Gasteiger partial charge >= 0.3 is 0 Å². The monoisotopic (exact) mass is 390 g/mol. The van der Waals surface area contributed by atoms with Crippen LogP contribution in [0, 0.1) is 0 Å². The van der Waals surface area contributed by atoms with Gasteiger partial charge in [0.15, 0.2) is 5.13 Å². The van der Waals surface area contributed by atoms with Gasteiger partial charge in [0.2, 0.25) is 5.43 Å². The quantitative estimate of drug-likeness (QED) is 0.514. The number of hydrogen-bond donors (Lipinski definition) is 1. The number of nitrogens with zero attached hydrogens (tertiary/aromatic N) is 1. The van der Waals surface area contributed by atoms with Crippen molar-refractivity contribution in [2.24, 2.45) is 0 Å². The van der Waals surface area contributed by atoms with Gasteiger partial charge < -0.3 is 4.42 Å². The highest BCUT2D eigenvalue weighted by atomic mass is 32.1. The predicted octanol–water partition coefficient (Wildman–Crippen LogP) is 5.29. The predicted molar refractivity (Wildman–Crippen MR) is 112 cm³/mol. The first-order chi connectivity index (χ1) is 13.5. The van der Waals surface area contributed by atoms with Gasteiger partial charge in [-0.05, 0) is 23.6 Å². The van der Waals surface area contributed by atoms with Gasteiger partial charge in [-0.3, -0.25) is 14.9 Å². The van der Waals surface area contributed by atoms with Gasteiger partial charge in [-0.1, -0.05) is 50.2 Å². The van der Waals surface area contributed by atoms with Gasteiger partial charge in [-0.2, -0.15) is 0 Å². The minimum Gasteiger partial charge on any atom is -0.463 e. The minimum absolute atomic E-state index is 0.0447. The van der Waals surface area contributed by atoms with E-state index in [1.54, 1.807) is 24.3 Å². The number of thiazole rings is 1. The van der Waals surface area contributed by atoms with Crippen molar-refractivity contribution >= 4 is 33.3 Å². The molecule has 0 aliphatic carbocycles. The van der Waals surface area contributed by atoms with Crippen LogP contribution in [0.4, 0.5) is 5.13 Å². The lowest BCUT2D eigenvalue weighted by molar-refractivity contribution is 0.102. The Kier molecular flexibility index (Phi) is 4.79. The number of hydrogen-bond acceptors (Lipinski definition) is 5. The Balaban J connectivity index is 1.56. The molecule has 0 bridgehead atoms. The van der Waals surface area contributed by atoms with Crippen LogP contribution >= 0.6 is 11.3 Å². The lowest BCUT2D eigenvalue weighted by atomic mass is 10.0. The fourth-order valence-corrected chi connectivity index (χ4v) is 3.62. The zero-order chi connectivity index (χ0) is 19.7. The molecule has 2 aromatic heterocycles. The number of aromatic nitrogens is 1. The van der Waals surface area contributed by atoms with Crippen molar-refractivity contribution in [3.8, 4) is 11.3 Å². The van der Waals surface area contributed by atoms with Gasteiger partial charge in [0.05, 0.1) is 11.1 Å². The van der Waals surface area contributed by atoms with Gasteiger partial charge in [0.1, 0.15) is 17.4 Å². The normalized spacial score (nSPS) is 11.1. The molecule has 0 spiro atoms. The zero-order valence-electron chi connectivity index (χ0n) is 15.4. The largest absolute Gasteiger partial charge is 0.463 e. The van der Waals surface area contributed by atoms with E-state index in [9.17, 15) is 9.59 Å². The van der Waals surface area contributed by atoms with Crippen molar-refractivity contribution in [1.29, 1.82) is 0 Å². The summed E-state index contributed by atoms with van der Waals surface area (Å²) in [5.41, 5.74) is 3.06. The van der Waals surface area contributed by atoms with Crippen molar-refractivity contribution < 1.29 is 9.21 Å². The molecule has 0 atom stereocenters. The SMILES string of the molecule is CC(C)c1ccc(-c2csc(NC(=O)c3coc4ccccc4c3=O)n2)cc1. The third kappa shape index (κ3) is 3.46. The lowest BCUT2D eigenvalue weighted by Gasteiger charge is -2.05. The van der Waals surface area contributed by atoms with Crippen LogP contribution in [0.2, 0.25) is 0 Å². The van der Waals surface area contributed by atoms with E-state index in [1.165, 1.54) is 23.2 Å². The van der Waals surface area contributed by atoms with E-state index in [1.807, 2.05) is 17.5 Å². The number of amides is 1. The van der Waals surface area contributed by atoms with E-state index in [2.05, 4.69) is 36.3 Å². The first kappa shape index (κ1) is 18.1. The molecule has 4 rings (SSSR count). The van der Waals surface area contributed by atoms with E-state index >= 15 is 0 Å². The summed E-state index contributed by atoms with van der Waals surface area (Å²) in [6.07, 6.45) is 1.19. The molecule has 2 aromatic carbocycles. The molecule has 6 heteroatoms. The molecule has 2 heterocycles. The average Bonchev–Trinajstić information content (AvgIpc) is 3.17. The molecule has 5 nitrogen and oxygen atoms in total. The number of benzene rings is 2. The van der Waals surface area contributed by atoms with Crippen LogP contribution in [0.5, 0.6) is 0 Å². The topological polar surface area (TPSA) is 72.2 Å². The number of anilines is 1. The Hall–Kier alpha value is -3.25. The molecule has 0 saturated heterocycles. The van der Waals surface area contributed by atoms with Crippen LogP contribution in [0.3, 0.4) is 0 Å². The Bertz CT molecular complexity index is 1210. The van der Waals surface area contributed by atoms with E-state index in [0.717, 1.165) is 11.3 Å². The standard InChI is InChI=1S/C22H18N2O3S/c1-13(2)14-7-9-15(10-8-14)18-12-28-22(23-18)24-21(26)17-11-27-19-6-4-3-5-16(19)20(17)25/h3-13H,1-2H3,(H,23,24,26). The smallest absolute Gasteiger partial charge is 0.264 e. The minimum atomic E-state index is -0.532. The average molecular weight is 390 g/mol. The Labute approximate surface area is 165 Å². The summed E-state index contributed by atoms with van der Waals surface area (Å²) >= 11 is 1.31. The fraction of sp³-hybridized carbons (Fsp3) is 0.136. The Morgan fingerprint density at radius 3 is 2.61 bits per heavy atom. The first-order valence-corrected chi connectivity index (χ1v) is 9.78. The molecule has 0 unspecified atom stereocenters. The van der Waals surface area contributed by atoms with Gasteiger partial charge in [-0.25, -0.2) is 4.98 Å². The van der Waals surface area contributed by atoms with Crippen LogP contribution in [0.1, 0.15) is 35.7 Å². The molecule has 28 heavy (non-hydrogen) atoms. The summed E-state index contributed by atoms with van der Waals surface area (Å²) < 4.78 is 5.41. The number of rotatable bonds is 4. The molecule has 0 aliphatic rings. The number of fused-ring (bicyclic) bond motifs is 1. The maximum Gasteiger partial charge on any atom is 0.264 e. The van der Waals surface area contributed by atoms with Crippen molar-refractivity contribution in [1.82, 2.24) is 4.98 Å². The van der Waals surface area contributed by atoms with Crippen molar-refractivity contribution in [3.05, 3.63) is 81.5 Å². The van der Waals surface area contributed by atoms with Crippen molar-refractivity contribution in [2.45, 2.75) is 19.8 Å². The molecule has 140 valence electrons. The third-order valence-corrected chi connectivity index (χ3v) is 5.28. The van der Waals surface area contributed by atoms with E-state index < -0.39 is 5.91 Å². The summed E-state index contributed by atoms with van der Waals surface area (Å²) in [5.74, 6) is -0.0662. The molecular formula is C22H18N2O3S. The maximum atomic E-state index is 12.5. The summed E-state index contributed by atoms with van der Waals surface area (Å²) in [6, 6.07) is 15.0. The maximum absolute atomic E-state index is 12.5. The fourth-order valence-electron chi connectivity index (χ4n) is 2.90. The molecule has 0 fully saturated rings. The van der Waals surface area contributed by atoms with Gasteiger partial charge in [-0.15, -0.1) is 11.3 Å². The second-order valence-electron chi connectivity index (χ2n) is 6.74. The number of carbonyl (C=O) groups excluding carboxylic acids is 1. The van der Waals surface area contributed by atoms with Crippen LogP contribution in [0.15, 0.2) is 69.4 Å². The number of para-hydroxylation sites is 1. The molecule has 0 radical (unpaired) electrons. The Morgan fingerprint density at radius 2 is 1.86 bits per heavy atom. The molecule has 1 amide bonds. The van der Waals surface area contributed by atoms with E-state index in [0.29, 0.717) is 22.0 Å². The van der Waals surface area contributed by atoms with Crippen LogP contribution in [-0.2, 0) is 0 Å². The molecule has 4 aromatic rings.